The molecule has 1 rings (SSSR count). The van der Waals surface area contributed by atoms with Gasteiger partial charge in [-0.05, 0) is 24.1 Å². The normalized spacial score (nSPS) is 10.0. The first-order valence-corrected chi connectivity index (χ1v) is 6.29. The van der Waals surface area contributed by atoms with Crippen LogP contribution < -0.4 is 10.6 Å². The highest BCUT2D eigenvalue weighted by Gasteiger charge is 2.00. The van der Waals surface area contributed by atoms with Crippen molar-refractivity contribution in [2.24, 2.45) is 0 Å². The average molecular weight is 234 g/mol. The van der Waals surface area contributed by atoms with E-state index in [1.54, 1.807) is 0 Å². The van der Waals surface area contributed by atoms with E-state index in [9.17, 15) is 4.79 Å². The van der Waals surface area contributed by atoms with Crippen molar-refractivity contribution in [2.45, 2.75) is 39.2 Å². The summed E-state index contributed by atoms with van der Waals surface area (Å²) in [5, 5.41) is 6.00. The molecule has 1 aromatic carbocycles. The second-order valence-electron chi connectivity index (χ2n) is 4.18. The zero-order chi connectivity index (χ0) is 12.5. The van der Waals surface area contributed by atoms with Crippen LogP contribution in [0.2, 0.25) is 0 Å². The van der Waals surface area contributed by atoms with Gasteiger partial charge in [-0.3, -0.25) is 4.79 Å². The Morgan fingerprint density at radius 2 is 1.88 bits per heavy atom. The quantitative estimate of drug-likeness (QED) is 0.712. The highest BCUT2D eigenvalue weighted by atomic mass is 16.1. The molecule has 0 atom stereocenters. The molecule has 0 radical (unpaired) electrons. The second-order valence-corrected chi connectivity index (χ2v) is 4.18. The van der Waals surface area contributed by atoms with Crippen molar-refractivity contribution in [1.82, 2.24) is 5.32 Å². The molecular weight excluding hydrogens is 212 g/mol. The van der Waals surface area contributed by atoms with E-state index in [2.05, 4.69) is 17.6 Å². The standard InChI is InChI=1S/C14H22N2O/c1-3-4-5-6-14(17)16-11-12-7-9-13(15-2)10-8-12/h7-10,15H,3-6,11H2,1-2H3,(H,16,17). The maximum atomic E-state index is 11.5. The minimum atomic E-state index is 0.149. The molecule has 94 valence electrons. The Morgan fingerprint density at radius 1 is 1.18 bits per heavy atom. The summed E-state index contributed by atoms with van der Waals surface area (Å²) in [6, 6.07) is 8.08. The molecule has 0 saturated heterocycles. The largest absolute Gasteiger partial charge is 0.388 e. The molecule has 0 aliphatic heterocycles. The molecule has 3 heteroatoms. The van der Waals surface area contributed by atoms with E-state index in [0.717, 1.165) is 30.5 Å². The summed E-state index contributed by atoms with van der Waals surface area (Å²) in [4.78, 5) is 11.5. The topological polar surface area (TPSA) is 41.1 Å². The van der Waals surface area contributed by atoms with E-state index in [0.29, 0.717) is 13.0 Å². The lowest BCUT2D eigenvalue weighted by Gasteiger charge is -2.06. The highest BCUT2D eigenvalue weighted by molar-refractivity contribution is 5.75. The van der Waals surface area contributed by atoms with Gasteiger partial charge in [-0.25, -0.2) is 0 Å². The van der Waals surface area contributed by atoms with Gasteiger partial charge in [0.25, 0.3) is 0 Å². The van der Waals surface area contributed by atoms with Crippen molar-refractivity contribution in [2.75, 3.05) is 12.4 Å². The maximum Gasteiger partial charge on any atom is 0.220 e. The van der Waals surface area contributed by atoms with Gasteiger partial charge in [-0.1, -0.05) is 31.9 Å². The minimum absolute atomic E-state index is 0.149. The lowest BCUT2D eigenvalue weighted by atomic mass is 10.2. The van der Waals surface area contributed by atoms with E-state index in [-0.39, 0.29) is 5.91 Å². The predicted molar refractivity (Wildman–Crippen MR) is 72.0 cm³/mol. The first-order chi connectivity index (χ1) is 8.26. The lowest BCUT2D eigenvalue weighted by Crippen LogP contribution is -2.22. The van der Waals surface area contributed by atoms with Crippen molar-refractivity contribution >= 4 is 11.6 Å². The molecular formula is C14H22N2O. The predicted octanol–water partition coefficient (Wildman–Crippen LogP) is 2.92. The van der Waals surface area contributed by atoms with Crippen molar-refractivity contribution < 1.29 is 4.79 Å². The van der Waals surface area contributed by atoms with Gasteiger partial charge in [-0.15, -0.1) is 0 Å². The third-order valence-corrected chi connectivity index (χ3v) is 2.74. The summed E-state index contributed by atoms with van der Waals surface area (Å²) in [6.07, 6.45) is 3.91. The van der Waals surface area contributed by atoms with E-state index in [1.165, 1.54) is 0 Å². The summed E-state index contributed by atoms with van der Waals surface area (Å²) >= 11 is 0. The smallest absolute Gasteiger partial charge is 0.220 e. The Kier molecular flexibility index (Phi) is 6.15. The van der Waals surface area contributed by atoms with Crippen LogP contribution in [0.4, 0.5) is 5.69 Å². The van der Waals surface area contributed by atoms with Crippen LogP contribution in [0, 0.1) is 0 Å². The fourth-order valence-electron chi connectivity index (χ4n) is 1.61. The summed E-state index contributed by atoms with van der Waals surface area (Å²) in [5.74, 6) is 0.149. The Balaban J connectivity index is 2.27. The monoisotopic (exact) mass is 234 g/mol. The van der Waals surface area contributed by atoms with Gasteiger partial charge in [0.1, 0.15) is 0 Å². The van der Waals surface area contributed by atoms with Crippen LogP contribution in [0.25, 0.3) is 0 Å². The summed E-state index contributed by atoms with van der Waals surface area (Å²) in [5.41, 5.74) is 2.22. The van der Waals surface area contributed by atoms with E-state index in [1.807, 2.05) is 31.3 Å². The fraction of sp³-hybridized carbons (Fsp3) is 0.500. The van der Waals surface area contributed by atoms with Crippen LogP contribution in [0.5, 0.6) is 0 Å². The van der Waals surface area contributed by atoms with Gasteiger partial charge in [-0.2, -0.15) is 0 Å². The van der Waals surface area contributed by atoms with Crippen LogP contribution >= 0.6 is 0 Å². The molecule has 0 bridgehead atoms. The number of unbranched alkanes of at least 4 members (excludes halogenated alkanes) is 2. The Bertz CT molecular complexity index is 333. The number of hydrogen-bond donors (Lipinski definition) is 2. The molecule has 0 aliphatic carbocycles. The van der Waals surface area contributed by atoms with Gasteiger partial charge in [0.15, 0.2) is 0 Å². The van der Waals surface area contributed by atoms with Gasteiger partial charge < -0.3 is 10.6 Å². The number of benzene rings is 1. The van der Waals surface area contributed by atoms with Gasteiger partial charge in [0.05, 0.1) is 0 Å². The summed E-state index contributed by atoms with van der Waals surface area (Å²) in [7, 11) is 1.89. The summed E-state index contributed by atoms with van der Waals surface area (Å²) in [6.45, 7) is 2.76. The van der Waals surface area contributed by atoms with Gasteiger partial charge in [0.2, 0.25) is 5.91 Å². The number of carbonyl (C=O) groups is 1. The maximum absolute atomic E-state index is 11.5. The first kappa shape index (κ1) is 13.6. The molecule has 0 fully saturated rings. The van der Waals surface area contributed by atoms with Crippen molar-refractivity contribution in [3.8, 4) is 0 Å². The highest BCUT2D eigenvalue weighted by Crippen LogP contribution is 2.08. The second kappa shape index (κ2) is 7.71. The van der Waals surface area contributed by atoms with Gasteiger partial charge >= 0.3 is 0 Å². The zero-order valence-corrected chi connectivity index (χ0v) is 10.8. The fourth-order valence-corrected chi connectivity index (χ4v) is 1.61. The van der Waals surface area contributed by atoms with Crippen molar-refractivity contribution in [1.29, 1.82) is 0 Å². The molecule has 3 nitrogen and oxygen atoms in total. The number of amides is 1. The number of anilines is 1. The number of rotatable bonds is 7. The van der Waals surface area contributed by atoms with Crippen molar-refractivity contribution in [3.05, 3.63) is 29.8 Å². The minimum Gasteiger partial charge on any atom is -0.388 e. The Hall–Kier alpha value is -1.51. The van der Waals surface area contributed by atoms with Crippen LogP contribution in [0.3, 0.4) is 0 Å². The molecule has 0 unspecified atom stereocenters. The van der Waals surface area contributed by atoms with Crippen LogP contribution in [-0.2, 0) is 11.3 Å². The first-order valence-electron chi connectivity index (χ1n) is 6.29. The molecule has 0 saturated carbocycles. The van der Waals surface area contributed by atoms with Crippen LogP contribution in [0.15, 0.2) is 24.3 Å². The Labute approximate surface area is 104 Å². The number of carbonyl (C=O) groups excluding carboxylic acids is 1. The molecule has 0 heterocycles. The zero-order valence-electron chi connectivity index (χ0n) is 10.8. The third-order valence-electron chi connectivity index (χ3n) is 2.74. The third kappa shape index (κ3) is 5.38. The van der Waals surface area contributed by atoms with Gasteiger partial charge in [0, 0.05) is 25.7 Å². The molecule has 1 amide bonds. The van der Waals surface area contributed by atoms with E-state index >= 15 is 0 Å². The summed E-state index contributed by atoms with van der Waals surface area (Å²) < 4.78 is 0. The molecule has 17 heavy (non-hydrogen) atoms. The molecule has 1 aromatic rings. The SMILES string of the molecule is CCCCCC(=O)NCc1ccc(NC)cc1. The van der Waals surface area contributed by atoms with E-state index in [4.69, 9.17) is 0 Å². The van der Waals surface area contributed by atoms with E-state index < -0.39 is 0 Å². The van der Waals surface area contributed by atoms with Crippen LogP contribution in [0.1, 0.15) is 38.2 Å². The molecule has 2 N–H and O–H groups in total. The average Bonchev–Trinajstić information content (AvgIpc) is 2.37. The van der Waals surface area contributed by atoms with Crippen LogP contribution in [-0.4, -0.2) is 13.0 Å². The lowest BCUT2D eigenvalue weighted by molar-refractivity contribution is -0.121. The molecule has 0 aromatic heterocycles. The Morgan fingerprint density at radius 3 is 2.47 bits per heavy atom. The number of hydrogen-bond acceptors (Lipinski definition) is 2. The molecule has 0 aliphatic rings. The molecule has 0 spiro atoms. The van der Waals surface area contributed by atoms with Crippen molar-refractivity contribution in [3.63, 3.8) is 0 Å². The number of nitrogens with one attached hydrogen (secondary N) is 2.